The molecule has 19 heavy (non-hydrogen) atoms. The zero-order valence-electron chi connectivity index (χ0n) is 10.8. The maximum Gasteiger partial charge on any atom is 0.240 e. The molecule has 0 radical (unpaired) electrons. The number of hydrogen-bond acceptors (Lipinski definition) is 7. The third-order valence-electron chi connectivity index (χ3n) is 2.68. The molecule has 0 saturated carbocycles. The monoisotopic (exact) mass is 299 g/mol. The number of rotatable bonds is 6. The van der Waals surface area contributed by atoms with E-state index in [-0.39, 0.29) is 6.04 Å². The molecule has 0 fully saturated rings. The van der Waals surface area contributed by atoms with Crippen LogP contribution < -0.4 is 16.6 Å². The molecule has 2 rings (SSSR count). The summed E-state index contributed by atoms with van der Waals surface area (Å²) in [4.78, 5) is 9.50. The summed E-state index contributed by atoms with van der Waals surface area (Å²) < 4.78 is 11.1. The van der Waals surface area contributed by atoms with E-state index in [1.807, 2.05) is 18.4 Å². The highest BCUT2D eigenvalue weighted by atomic mass is 32.2. The summed E-state index contributed by atoms with van der Waals surface area (Å²) in [7, 11) is -0.773. The van der Waals surface area contributed by atoms with Gasteiger partial charge in [0.15, 0.2) is 0 Å². The van der Waals surface area contributed by atoms with Crippen molar-refractivity contribution in [1.82, 2.24) is 9.97 Å². The first-order chi connectivity index (χ1) is 9.10. The smallest absolute Gasteiger partial charge is 0.240 e. The number of nitrogens with zero attached hydrogens (tertiary/aromatic N) is 2. The lowest BCUT2D eigenvalue weighted by Crippen LogP contribution is -2.20. The lowest BCUT2D eigenvalue weighted by molar-refractivity contribution is 0.678. The predicted octanol–water partition coefficient (Wildman–Crippen LogP) is 1.55. The molecule has 4 N–H and O–H groups in total. The van der Waals surface area contributed by atoms with E-state index >= 15 is 0 Å². The quantitative estimate of drug-likeness (QED) is 0.553. The zero-order valence-corrected chi connectivity index (χ0v) is 12.5. The summed E-state index contributed by atoms with van der Waals surface area (Å²) in [6.07, 6.45) is 2.54. The van der Waals surface area contributed by atoms with E-state index in [1.165, 1.54) is 0 Å². The van der Waals surface area contributed by atoms with Crippen molar-refractivity contribution in [3.05, 3.63) is 11.4 Å². The van der Waals surface area contributed by atoms with E-state index in [4.69, 9.17) is 5.84 Å². The van der Waals surface area contributed by atoms with Crippen LogP contribution in [0.1, 0.15) is 13.3 Å². The fourth-order valence-corrected chi connectivity index (χ4v) is 3.13. The largest absolute Gasteiger partial charge is 0.367 e. The normalized spacial score (nSPS) is 14.3. The number of nitrogens with two attached hydrogens (primary N) is 1. The maximum atomic E-state index is 11.1. The number of nitrogens with one attached hydrogen (secondary N) is 2. The summed E-state index contributed by atoms with van der Waals surface area (Å²) in [5, 5.41) is 6.28. The minimum absolute atomic E-state index is 0.188. The van der Waals surface area contributed by atoms with Gasteiger partial charge in [-0.05, 0) is 24.8 Å². The molecule has 0 saturated heterocycles. The standard InChI is InChI=1S/C11H17N5OS2/c1-7(4-6-19(2)17)13-9-8-3-5-18-10(8)15-11(14-9)16-12/h3,5,7H,4,6,12H2,1-2H3,(H2,13,14,15,16). The first-order valence-corrected chi connectivity index (χ1v) is 8.49. The molecule has 0 aliphatic carbocycles. The fourth-order valence-electron chi connectivity index (χ4n) is 1.68. The van der Waals surface area contributed by atoms with Crippen molar-refractivity contribution in [1.29, 1.82) is 0 Å². The molecule has 0 amide bonds. The molecular weight excluding hydrogens is 282 g/mol. The van der Waals surface area contributed by atoms with E-state index in [9.17, 15) is 4.21 Å². The number of nitrogen functional groups attached to an aromatic ring is 1. The molecule has 0 bridgehead atoms. The summed E-state index contributed by atoms with van der Waals surface area (Å²) in [5.41, 5.74) is 2.47. The number of aromatic nitrogens is 2. The third-order valence-corrected chi connectivity index (χ3v) is 4.29. The fraction of sp³-hybridized carbons (Fsp3) is 0.455. The highest BCUT2D eigenvalue weighted by Crippen LogP contribution is 2.26. The van der Waals surface area contributed by atoms with Gasteiger partial charge in [0, 0.05) is 28.9 Å². The first kappa shape index (κ1) is 14.2. The van der Waals surface area contributed by atoms with Crippen LogP contribution in [0.15, 0.2) is 11.4 Å². The van der Waals surface area contributed by atoms with Crippen LogP contribution in [0.4, 0.5) is 11.8 Å². The molecule has 2 atom stereocenters. The van der Waals surface area contributed by atoms with Gasteiger partial charge in [-0.15, -0.1) is 11.3 Å². The van der Waals surface area contributed by atoms with Gasteiger partial charge in [0.05, 0.1) is 5.39 Å². The lowest BCUT2D eigenvalue weighted by Gasteiger charge is -2.15. The van der Waals surface area contributed by atoms with Crippen LogP contribution in [-0.4, -0.2) is 32.2 Å². The molecule has 0 aromatic carbocycles. The van der Waals surface area contributed by atoms with Crippen LogP contribution in [0.25, 0.3) is 10.2 Å². The molecule has 8 heteroatoms. The summed E-state index contributed by atoms with van der Waals surface area (Å²) in [6.45, 7) is 2.04. The van der Waals surface area contributed by atoms with Crippen LogP contribution in [0.3, 0.4) is 0 Å². The topological polar surface area (TPSA) is 92.9 Å². The number of hydrogen-bond donors (Lipinski definition) is 3. The van der Waals surface area contributed by atoms with Gasteiger partial charge in [0.1, 0.15) is 10.6 Å². The Morgan fingerprint density at radius 2 is 2.32 bits per heavy atom. The Labute approximate surface area is 118 Å². The SMILES string of the molecule is CC(CCS(C)=O)Nc1nc(NN)nc2sccc12. The molecule has 104 valence electrons. The first-order valence-electron chi connectivity index (χ1n) is 5.88. The molecule has 2 unspecified atom stereocenters. The van der Waals surface area contributed by atoms with Gasteiger partial charge in [-0.1, -0.05) is 0 Å². The van der Waals surface area contributed by atoms with Crippen molar-refractivity contribution >= 4 is 44.1 Å². The Hall–Kier alpha value is -1.25. The Balaban J connectivity index is 2.18. The van der Waals surface area contributed by atoms with Gasteiger partial charge in [-0.25, -0.2) is 10.8 Å². The molecule has 6 nitrogen and oxygen atoms in total. The summed E-state index contributed by atoms with van der Waals surface area (Å²) >= 11 is 1.54. The second-order valence-electron chi connectivity index (χ2n) is 4.29. The van der Waals surface area contributed by atoms with Crippen LogP contribution in [0.2, 0.25) is 0 Å². The highest BCUT2D eigenvalue weighted by molar-refractivity contribution is 7.84. The maximum absolute atomic E-state index is 11.1. The second-order valence-corrected chi connectivity index (χ2v) is 6.74. The van der Waals surface area contributed by atoms with Crippen molar-refractivity contribution < 1.29 is 4.21 Å². The van der Waals surface area contributed by atoms with Crippen LogP contribution >= 0.6 is 11.3 Å². The summed E-state index contributed by atoms with van der Waals surface area (Å²) in [6, 6.07) is 2.17. The van der Waals surface area contributed by atoms with Crippen molar-refractivity contribution in [3.8, 4) is 0 Å². The molecule has 0 spiro atoms. The number of hydrazine groups is 1. The van der Waals surface area contributed by atoms with Crippen LogP contribution in [0, 0.1) is 0 Å². The van der Waals surface area contributed by atoms with Crippen LogP contribution in [0.5, 0.6) is 0 Å². The van der Waals surface area contributed by atoms with Gasteiger partial charge in [0.2, 0.25) is 5.95 Å². The van der Waals surface area contributed by atoms with Gasteiger partial charge in [-0.2, -0.15) is 4.98 Å². The Morgan fingerprint density at radius 3 is 3.00 bits per heavy atom. The Morgan fingerprint density at radius 1 is 1.53 bits per heavy atom. The van der Waals surface area contributed by atoms with Crippen molar-refractivity contribution in [2.45, 2.75) is 19.4 Å². The Kier molecular flexibility index (Phi) is 4.67. The third kappa shape index (κ3) is 3.62. The molecule has 2 aromatic rings. The van der Waals surface area contributed by atoms with Gasteiger partial charge in [0.25, 0.3) is 0 Å². The average molecular weight is 299 g/mol. The Bertz CT molecular complexity index is 585. The number of fused-ring (bicyclic) bond motifs is 1. The van der Waals surface area contributed by atoms with Gasteiger partial charge >= 0.3 is 0 Å². The van der Waals surface area contributed by atoms with Crippen molar-refractivity contribution in [3.63, 3.8) is 0 Å². The summed E-state index contributed by atoms with van der Waals surface area (Å²) in [5.74, 6) is 7.19. The predicted molar refractivity (Wildman–Crippen MR) is 81.9 cm³/mol. The zero-order chi connectivity index (χ0) is 13.8. The van der Waals surface area contributed by atoms with E-state index in [0.717, 1.165) is 22.5 Å². The van der Waals surface area contributed by atoms with Crippen molar-refractivity contribution in [2.24, 2.45) is 5.84 Å². The minimum atomic E-state index is -0.773. The molecular formula is C11H17N5OS2. The highest BCUT2D eigenvalue weighted by Gasteiger charge is 2.11. The molecule has 2 heterocycles. The number of thiophene rings is 1. The van der Waals surface area contributed by atoms with E-state index in [1.54, 1.807) is 17.6 Å². The molecule has 0 aliphatic rings. The van der Waals surface area contributed by atoms with Crippen LogP contribution in [-0.2, 0) is 10.8 Å². The average Bonchev–Trinajstić information content (AvgIpc) is 2.84. The van der Waals surface area contributed by atoms with Gasteiger partial charge in [-0.3, -0.25) is 9.63 Å². The second kappa shape index (κ2) is 6.27. The minimum Gasteiger partial charge on any atom is -0.367 e. The van der Waals surface area contributed by atoms with Gasteiger partial charge < -0.3 is 5.32 Å². The molecule has 0 aliphatic heterocycles. The van der Waals surface area contributed by atoms with E-state index in [2.05, 4.69) is 20.7 Å². The van der Waals surface area contributed by atoms with E-state index < -0.39 is 10.8 Å². The number of anilines is 2. The molecule has 2 aromatic heterocycles. The van der Waals surface area contributed by atoms with E-state index in [0.29, 0.717) is 11.7 Å². The lowest BCUT2D eigenvalue weighted by atomic mass is 10.2. The van der Waals surface area contributed by atoms with Crippen molar-refractivity contribution in [2.75, 3.05) is 22.8 Å².